The first kappa shape index (κ1) is 15.1. The lowest BCUT2D eigenvalue weighted by Crippen LogP contribution is -2.14. The van der Waals surface area contributed by atoms with E-state index in [1.165, 1.54) is 0 Å². The van der Waals surface area contributed by atoms with Gasteiger partial charge in [-0.2, -0.15) is 0 Å². The van der Waals surface area contributed by atoms with E-state index >= 15 is 0 Å². The van der Waals surface area contributed by atoms with Gasteiger partial charge in [-0.25, -0.2) is 9.97 Å². The van der Waals surface area contributed by atoms with Crippen molar-refractivity contribution in [1.82, 2.24) is 14.4 Å². The summed E-state index contributed by atoms with van der Waals surface area (Å²) in [5.41, 5.74) is 3.27. The highest BCUT2D eigenvalue weighted by atomic mass is 16.1. The fraction of sp³-hybridized carbons (Fsp3) is 0.0500. The Bertz CT molecular complexity index is 1050. The fourth-order valence-corrected chi connectivity index (χ4v) is 2.77. The molecule has 2 heterocycles. The molecule has 0 aliphatic heterocycles. The van der Waals surface area contributed by atoms with E-state index in [9.17, 15) is 4.79 Å². The molecule has 4 rings (SSSR count). The van der Waals surface area contributed by atoms with Gasteiger partial charge in [-0.05, 0) is 25.1 Å². The van der Waals surface area contributed by atoms with Crippen molar-refractivity contribution < 1.29 is 4.79 Å². The number of fused-ring (bicyclic) bond motifs is 1. The number of aryl methyl sites for hydroxylation is 1. The predicted octanol–water partition coefficient (Wildman–Crippen LogP) is 3.96. The van der Waals surface area contributed by atoms with Crippen LogP contribution in [0.1, 0.15) is 15.9 Å². The number of anilines is 1. The molecule has 2 aromatic carbocycles. The Hall–Kier alpha value is -3.47. The first-order valence-corrected chi connectivity index (χ1v) is 7.99. The smallest absolute Gasteiger partial charge is 0.256 e. The third-order valence-electron chi connectivity index (χ3n) is 3.96. The third kappa shape index (κ3) is 2.87. The maximum atomic E-state index is 12.7. The van der Waals surface area contributed by atoms with Gasteiger partial charge in [0.1, 0.15) is 11.5 Å². The summed E-state index contributed by atoms with van der Waals surface area (Å²) in [6.07, 6.45) is 3.52. The normalized spacial score (nSPS) is 10.8. The van der Waals surface area contributed by atoms with Crippen LogP contribution in [-0.2, 0) is 0 Å². The van der Waals surface area contributed by atoms with E-state index in [0.29, 0.717) is 22.9 Å². The molecule has 0 atom stereocenters. The maximum absolute atomic E-state index is 12.7. The summed E-state index contributed by atoms with van der Waals surface area (Å²) in [7, 11) is 0. The molecule has 0 saturated heterocycles. The quantitative estimate of drug-likeness (QED) is 0.619. The Morgan fingerprint density at radius 1 is 1.04 bits per heavy atom. The van der Waals surface area contributed by atoms with E-state index in [1.807, 2.05) is 67.7 Å². The highest BCUT2D eigenvalue weighted by molar-refractivity contribution is 6.05. The Labute approximate surface area is 145 Å². The molecule has 1 amide bonds. The van der Waals surface area contributed by atoms with Crippen molar-refractivity contribution in [2.75, 3.05) is 5.32 Å². The van der Waals surface area contributed by atoms with Gasteiger partial charge in [-0.15, -0.1) is 0 Å². The monoisotopic (exact) mass is 328 g/mol. The molecular formula is C20H16N4O. The van der Waals surface area contributed by atoms with Crippen molar-refractivity contribution >= 4 is 17.5 Å². The van der Waals surface area contributed by atoms with Crippen LogP contribution in [-0.4, -0.2) is 20.3 Å². The summed E-state index contributed by atoms with van der Waals surface area (Å²) in [6, 6.07) is 19.1. The number of imidazole rings is 1. The minimum absolute atomic E-state index is 0.175. The minimum Gasteiger partial charge on any atom is -0.306 e. The summed E-state index contributed by atoms with van der Waals surface area (Å²) in [5, 5.41) is 3.00. The van der Waals surface area contributed by atoms with Gasteiger partial charge in [0.05, 0.1) is 0 Å². The number of carbonyl (C=O) groups excluding carboxylic acids is 1. The second-order valence-corrected chi connectivity index (χ2v) is 5.79. The van der Waals surface area contributed by atoms with Crippen LogP contribution in [0.25, 0.3) is 17.0 Å². The number of amides is 1. The molecule has 0 bridgehead atoms. The van der Waals surface area contributed by atoms with Gasteiger partial charge in [0.25, 0.3) is 5.91 Å². The number of nitrogens with one attached hydrogen (secondary N) is 1. The second-order valence-electron chi connectivity index (χ2n) is 5.79. The largest absolute Gasteiger partial charge is 0.306 e. The Balaban J connectivity index is 1.81. The number of hydrogen-bond acceptors (Lipinski definition) is 3. The first-order valence-electron chi connectivity index (χ1n) is 7.99. The molecule has 0 aliphatic rings. The molecule has 0 aliphatic carbocycles. The number of rotatable bonds is 3. The minimum atomic E-state index is -0.175. The van der Waals surface area contributed by atoms with E-state index in [0.717, 1.165) is 11.1 Å². The molecule has 5 heteroatoms. The van der Waals surface area contributed by atoms with Crippen LogP contribution in [0.15, 0.2) is 73.1 Å². The van der Waals surface area contributed by atoms with Gasteiger partial charge in [0, 0.05) is 23.5 Å². The first-order chi connectivity index (χ1) is 12.2. The maximum Gasteiger partial charge on any atom is 0.256 e. The lowest BCUT2D eigenvalue weighted by atomic mass is 10.1. The molecular weight excluding hydrogens is 312 g/mol. The van der Waals surface area contributed by atoms with Gasteiger partial charge in [0.2, 0.25) is 5.78 Å². The molecule has 0 fully saturated rings. The highest BCUT2D eigenvalue weighted by Crippen LogP contribution is 2.28. The topological polar surface area (TPSA) is 59.3 Å². The number of carbonyl (C=O) groups is 1. The molecule has 0 saturated carbocycles. The predicted molar refractivity (Wildman–Crippen MR) is 97.6 cm³/mol. The van der Waals surface area contributed by atoms with E-state index in [-0.39, 0.29) is 5.91 Å². The number of aromatic nitrogens is 3. The Morgan fingerprint density at radius 3 is 2.68 bits per heavy atom. The van der Waals surface area contributed by atoms with Crippen molar-refractivity contribution in [2.45, 2.75) is 6.92 Å². The summed E-state index contributed by atoms with van der Waals surface area (Å²) in [5.74, 6) is 0.980. The SMILES string of the molecule is Cc1cccc(C(=O)Nc2c(-c3ccccc3)nc3ncccn23)c1. The van der Waals surface area contributed by atoms with E-state index in [4.69, 9.17) is 0 Å². The van der Waals surface area contributed by atoms with Gasteiger partial charge < -0.3 is 5.32 Å². The standard InChI is InChI=1S/C20H16N4O/c1-14-7-5-10-16(13-14)19(25)23-18-17(15-8-3-2-4-9-15)22-20-21-11-6-12-24(18)20/h2-13H,1H3,(H,23,25). The molecule has 0 unspecified atom stereocenters. The molecule has 1 N–H and O–H groups in total. The van der Waals surface area contributed by atoms with E-state index in [2.05, 4.69) is 15.3 Å². The zero-order valence-corrected chi connectivity index (χ0v) is 13.7. The van der Waals surface area contributed by atoms with E-state index in [1.54, 1.807) is 16.7 Å². The van der Waals surface area contributed by atoms with Crippen molar-refractivity contribution in [1.29, 1.82) is 0 Å². The summed E-state index contributed by atoms with van der Waals surface area (Å²) in [6.45, 7) is 1.96. The van der Waals surface area contributed by atoms with Crippen LogP contribution in [0.3, 0.4) is 0 Å². The molecule has 4 aromatic rings. The molecule has 5 nitrogen and oxygen atoms in total. The fourth-order valence-electron chi connectivity index (χ4n) is 2.77. The van der Waals surface area contributed by atoms with Crippen LogP contribution in [0.5, 0.6) is 0 Å². The van der Waals surface area contributed by atoms with Gasteiger partial charge in [-0.3, -0.25) is 9.20 Å². The summed E-state index contributed by atoms with van der Waals surface area (Å²) >= 11 is 0. The number of hydrogen-bond donors (Lipinski definition) is 1. The zero-order chi connectivity index (χ0) is 17.2. The summed E-state index contributed by atoms with van der Waals surface area (Å²) < 4.78 is 1.79. The number of nitrogens with zero attached hydrogens (tertiary/aromatic N) is 3. The Morgan fingerprint density at radius 2 is 1.88 bits per heavy atom. The second kappa shape index (κ2) is 6.20. The molecule has 2 aromatic heterocycles. The number of benzene rings is 2. The van der Waals surface area contributed by atoms with Gasteiger partial charge in [-0.1, -0.05) is 48.0 Å². The van der Waals surface area contributed by atoms with Crippen LogP contribution in [0.4, 0.5) is 5.82 Å². The van der Waals surface area contributed by atoms with Crippen molar-refractivity contribution in [3.63, 3.8) is 0 Å². The molecule has 25 heavy (non-hydrogen) atoms. The average molecular weight is 328 g/mol. The van der Waals surface area contributed by atoms with Crippen LogP contribution in [0, 0.1) is 6.92 Å². The van der Waals surface area contributed by atoms with Crippen molar-refractivity contribution in [3.8, 4) is 11.3 Å². The van der Waals surface area contributed by atoms with Crippen molar-refractivity contribution in [3.05, 3.63) is 84.2 Å². The molecule has 0 radical (unpaired) electrons. The summed E-state index contributed by atoms with van der Waals surface area (Å²) in [4.78, 5) is 21.6. The van der Waals surface area contributed by atoms with Crippen LogP contribution < -0.4 is 5.32 Å². The lowest BCUT2D eigenvalue weighted by Gasteiger charge is -2.08. The molecule has 122 valence electrons. The van der Waals surface area contributed by atoms with Gasteiger partial charge in [0.15, 0.2) is 0 Å². The van der Waals surface area contributed by atoms with Gasteiger partial charge >= 0.3 is 0 Å². The van der Waals surface area contributed by atoms with Crippen molar-refractivity contribution in [2.24, 2.45) is 0 Å². The lowest BCUT2D eigenvalue weighted by molar-refractivity contribution is 0.102. The highest BCUT2D eigenvalue weighted by Gasteiger charge is 2.17. The molecule has 0 spiro atoms. The Kier molecular flexibility index (Phi) is 3.74. The van der Waals surface area contributed by atoms with E-state index < -0.39 is 0 Å². The third-order valence-corrected chi connectivity index (χ3v) is 3.96. The average Bonchev–Trinajstić information content (AvgIpc) is 3.01. The van der Waals surface area contributed by atoms with Crippen LogP contribution >= 0.6 is 0 Å². The van der Waals surface area contributed by atoms with Crippen LogP contribution in [0.2, 0.25) is 0 Å². The zero-order valence-electron chi connectivity index (χ0n) is 13.7.